The highest BCUT2D eigenvalue weighted by atomic mass is 16.6. The van der Waals surface area contributed by atoms with Crippen molar-refractivity contribution in [1.29, 1.82) is 0 Å². The number of carboxylic acids is 1. The van der Waals surface area contributed by atoms with E-state index < -0.39 is 5.97 Å². The second kappa shape index (κ2) is 5.44. The lowest BCUT2D eigenvalue weighted by molar-refractivity contribution is -0.131. The van der Waals surface area contributed by atoms with Crippen LogP contribution in [0.15, 0.2) is 40.8 Å². The predicted octanol–water partition coefficient (Wildman–Crippen LogP) is 3.79. The van der Waals surface area contributed by atoms with Crippen molar-refractivity contribution < 1.29 is 19.1 Å². The molecule has 19 heavy (non-hydrogen) atoms. The van der Waals surface area contributed by atoms with Crippen molar-refractivity contribution in [3.8, 4) is 11.7 Å². The van der Waals surface area contributed by atoms with Crippen LogP contribution in [-0.4, -0.2) is 11.1 Å². The van der Waals surface area contributed by atoms with Crippen LogP contribution in [0.5, 0.6) is 11.7 Å². The molecule has 4 nitrogen and oxygen atoms in total. The average Bonchev–Trinajstić information content (AvgIpc) is 2.79. The molecule has 1 aromatic carbocycles. The third-order valence-electron chi connectivity index (χ3n) is 2.69. The molecule has 1 aromatic heterocycles. The van der Waals surface area contributed by atoms with Crippen LogP contribution in [0.1, 0.15) is 16.9 Å². The fourth-order valence-electron chi connectivity index (χ4n) is 1.53. The van der Waals surface area contributed by atoms with E-state index in [4.69, 9.17) is 14.3 Å². The van der Waals surface area contributed by atoms with Crippen LogP contribution >= 0.6 is 0 Å². The van der Waals surface area contributed by atoms with Gasteiger partial charge in [-0.15, -0.1) is 0 Å². The molecule has 0 amide bonds. The Labute approximate surface area is 110 Å². The van der Waals surface area contributed by atoms with Crippen LogP contribution in [0.4, 0.5) is 0 Å². The van der Waals surface area contributed by atoms with Crippen LogP contribution in [0.2, 0.25) is 0 Å². The van der Waals surface area contributed by atoms with Gasteiger partial charge in [0.15, 0.2) is 0 Å². The Bertz CT molecular complexity index is 623. The van der Waals surface area contributed by atoms with E-state index in [-0.39, 0.29) is 0 Å². The van der Waals surface area contributed by atoms with Crippen molar-refractivity contribution in [3.05, 3.63) is 53.3 Å². The molecule has 1 N–H and O–H groups in total. The summed E-state index contributed by atoms with van der Waals surface area (Å²) in [6.07, 6.45) is 2.38. The molecule has 0 unspecified atom stereocenters. The van der Waals surface area contributed by atoms with Gasteiger partial charge in [-0.1, -0.05) is 6.07 Å². The summed E-state index contributed by atoms with van der Waals surface area (Å²) in [5.41, 5.74) is 2.33. The zero-order chi connectivity index (χ0) is 13.8. The number of aryl methyl sites for hydroxylation is 2. The Morgan fingerprint density at radius 1 is 1.21 bits per heavy atom. The molecule has 4 heteroatoms. The van der Waals surface area contributed by atoms with Gasteiger partial charge in [-0.3, -0.25) is 0 Å². The molecule has 0 spiro atoms. The van der Waals surface area contributed by atoms with Crippen molar-refractivity contribution in [2.45, 2.75) is 13.8 Å². The molecule has 2 rings (SSSR count). The number of aliphatic carboxylic acids is 1. The summed E-state index contributed by atoms with van der Waals surface area (Å²) in [7, 11) is 0. The first-order chi connectivity index (χ1) is 9.04. The van der Waals surface area contributed by atoms with E-state index in [2.05, 4.69) is 0 Å². The zero-order valence-electron chi connectivity index (χ0n) is 10.7. The van der Waals surface area contributed by atoms with Crippen LogP contribution in [-0.2, 0) is 4.79 Å². The third kappa shape index (κ3) is 3.48. The van der Waals surface area contributed by atoms with Gasteiger partial charge in [-0.2, -0.15) is 0 Å². The lowest BCUT2D eigenvalue weighted by Gasteiger charge is -2.04. The van der Waals surface area contributed by atoms with Gasteiger partial charge >= 0.3 is 5.97 Å². The minimum atomic E-state index is -1.02. The predicted molar refractivity (Wildman–Crippen MR) is 71.4 cm³/mol. The molecular weight excluding hydrogens is 244 g/mol. The maximum Gasteiger partial charge on any atom is 0.328 e. The van der Waals surface area contributed by atoms with Crippen LogP contribution in [0.25, 0.3) is 6.08 Å². The van der Waals surface area contributed by atoms with E-state index in [1.807, 2.05) is 32.0 Å². The number of furan rings is 1. The first kappa shape index (κ1) is 13.0. The Balaban J connectivity index is 2.11. The topological polar surface area (TPSA) is 59.7 Å². The Hall–Kier alpha value is -2.49. The number of hydrogen-bond acceptors (Lipinski definition) is 3. The van der Waals surface area contributed by atoms with Gasteiger partial charge in [0.25, 0.3) is 5.95 Å². The molecule has 0 radical (unpaired) electrons. The number of benzene rings is 1. The van der Waals surface area contributed by atoms with E-state index >= 15 is 0 Å². The number of carbonyl (C=O) groups is 1. The number of hydrogen-bond donors (Lipinski definition) is 1. The first-order valence-corrected chi connectivity index (χ1v) is 5.80. The normalized spacial score (nSPS) is 10.8. The van der Waals surface area contributed by atoms with Gasteiger partial charge in [-0.25, -0.2) is 4.79 Å². The fraction of sp³-hybridized carbons (Fsp3) is 0.133. The summed E-state index contributed by atoms with van der Waals surface area (Å²) in [6.45, 7) is 4.03. The Kier molecular flexibility index (Phi) is 3.71. The van der Waals surface area contributed by atoms with Crippen molar-refractivity contribution >= 4 is 12.0 Å². The molecule has 0 bridgehead atoms. The minimum Gasteiger partial charge on any atom is -0.478 e. The summed E-state index contributed by atoms with van der Waals surface area (Å²) >= 11 is 0. The first-order valence-electron chi connectivity index (χ1n) is 5.80. The van der Waals surface area contributed by atoms with Crippen LogP contribution in [0.3, 0.4) is 0 Å². The van der Waals surface area contributed by atoms with Gasteiger partial charge in [0.2, 0.25) is 0 Å². The second-order valence-corrected chi connectivity index (χ2v) is 4.18. The van der Waals surface area contributed by atoms with Gasteiger partial charge in [0, 0.05) is 12.1 Å². The lowest BCUT2D eigenvalue weighted by Crippen LogP contribution is -1.85. The molecule has 0 aliphatic heterocycles. The SMILES string of the molecule is Cc1ccc(Oc2ccc(/C=C/C(=O)O)o2)cc1C. The van der Waals surface area contributed by atoms with Gasteiger partial charge in [0.05, 0.1) is 0 Å². The monoisotopic (exact) mass is 258 g/mol. The number of ether oxygens (including phenoxy) is 1. The lowest BCUT2D eigenvalue weighted by atomic mass is 10.1. The van der Waals surface area contributed by atoms with Crippen molar-refractivity contribution in [3.63, 3.8) is 0 Å². The van der Waals surface area contributed by atoms with E-state index in [1.165, 1.54) is 11.6 Å². The largest absolute Gasteiger partial charge is 0.478 e. The Morgan fingerprint density at radius 2 is 2.00 bits per heavy atom. The van der Waals surface area contributed by atoms with Gasteiger partial charge < -0.3 is 14.3 Å². The zero-order valence-corrected chi connectivity index (χ0v) is 10.7. The molecule has 0 saturated heterocycles. The molecule has 0 aliphatic rings. The summed E-state index contributed by atoms with van der Waals surface area (Å²) < 4.78 is 10.9. The molecule has 0 aliphatic carbocycles. The minimum absolute atomic E-state index is 0.327. The molecular formula is C15H14O4. The number of carboxylic acid groups (broad SMARTS) is 1. The molecule has 1 heterocycles. The average molecular weight is 258 g/mol. The van der Waals surface area contributed by atoms with Crippen LogP contribution in [0, 0.1) is 13.8 Å². The van der Waals surface area contributed by atoms with Gasteiger partial charge in [-0.05, 0) is 49.2 Å². The van der Waals surface area contributed by atoms with Crippen molar-refractivity contribution in [1.82, 2.24) is 0 Å². The van der Waals surface area contributed by atoms with E-state index in [1.54, 1.807) is 12.1 Å². The Morgan fingerprint density at radius 3 is 2.68 bits per heavy atom. The van der Waals surface area contributed by atoms with E-state index in [0.29, 0.717) is 17.5 Å². The highest BCUT2D eigenvalue weighted by molar-refractivity contribution is 5.84. The second-order valence-electron chi connectivity index (χ2n) is 4.18. The summed E-state index contributed by atoms with van der Waals surface area (Å²) in [5.74, 6) is 0.425. The molecule has 0 saturated carbocycles. The summed E-state index contributed by atoms with van der Waals surface area (Å²) in [6, 6.07) is 9.05. The molecule has 2 aromatic rings. The smallest absolute Gasteiger partial charge is 0.328 e. The maximum absolute atomic E-state index is 10.4. The molecule has 0 fully saturated rings. The summed E-state index contributed by atoms with van der Waals surface area (Å²) in [4.78, 5) is 10.4. The standard InChI is InChI=1S/C15H14O4/c1-10-3-4-13(9-11(10)2)19-15-8-6-12(18-15)5-7-14(16)17/h3-9H,1-2H3,(H,16,17)/b7-5+. The highest BCUT2D eigenvalue weighted by Gasteiger charge is 2.04. The quantitative estimate of drug-likeness (QED) is 0.847. The fourth-order valence-corrected chi connectivity index (χ4v) is 1.53. The van der Waals surface area contributed by atoms with Crippen molar-refractivity contribution in [2.75, 3.05) is 0 Å². The maximum atomic E-state index is 10.4. The highest BCUT2D eigenvalue weighted by Crippen LogP contribution is 2.25. The summed E-state index contributed by atoms with van der Waals surface area (Å²) in [5, 5.41) is 8.51. The van der Waals surface area contributed by atoms with Crippen molar-refractivity contribution in [2.24, 2.45) is 0 Å². The number of rotatable bonds is 4. The van der Waals surface area contributed by atoms with Gasteiger partial charge in [0.1, 0.15) is 11.5 Å². The molecule has 98 valence electrons. The van der Waals surface area contributed by atoms with Crippen LogP contribution < -0.4 is 4.74 Å². The third-order valence-corrected chi connectivity index (χ3v) is 2.69. The van der Waals surface area contributed by atoms with E-state index in [9.17, 15) is 4.79 Å². The molecule has 0 atom stereocenters. The van der Waals surface area contributed by atoms with E-state index in [0.717, 1.165) is 11.6 Å².